The van der Waals surface area contributed by atoms with E-state index in [0.717, 1.165) is 11.5 Å². The number of fused-ring (bicyclic) bond motifs is 1. The van der Waals surface area contributed by atoms with Crippen LogP contribution in [0.1, 0.15) is 31.5 Å². The summed E-state index contributed by atoms with van der Waals surface area (Å²) in [5, 5.41) is 20.7. The van der Waals surface area contributed by atoms with Crippen LogP contribution in [0.5, 0.6) is 0 Å². The van der Waals surface area contributed by atoms with Crippen molar-refractivity contribution in [1.29, 1.82) is 0 Å². The van der Waals surface area contributed by atoms with Crippen LogP contribution in [-0.4, -0.2) is 37.3 Å². The molecule has 90 valence electrons. The van der Waals surface area contributed by atoms with Crippen LogP contribution in [-0.2, 0) is 0 Å². The second-order valence-corrected chi connectivity index (χ2v) is 4.53. The molecule has 0 bridgehead atoms. The van der Waals surface area contributed by atoms with E-state index in [-0.39, 0.29) is 0 Å². The Morgan fingerprint density at radius 3 is 3.06 bits per heavy atom. The summed E-state index contributed by atoms with van der Waals surface area (Å²) < 4.78 is 1.98. The number of nitrogens with one attached hydrogen (secondary N) is 1. The number of aromatic nitrogens is 4. The Morgan fingerprint density at radius 2 is 2.35 bits per heavy atom. The highest BCUT2D eigenvalue weighted by atomic mass is 16.3. The number of nitrogens with zero attached hydrogens (tertiary/aromatic N) is 4. The van der Waals surface area contributed by atoms with Gasteiger partial charge in [0.2, 0.25) is 5.65 Å². The van der Waals surface area contributed by atoms with Crippen LogP contribution >= 0.6 is 0 Å². The highest BCUT2D eigenvalue weighted by molar-refractivity contribution is 5.62. The largest absolute Gasteiger partial charge is 0.392 e. The Morgan fingerprint density at radius 1 is 1.53 bits per heavy atom. The summed E-state index contributed by atoms with van der Waals surface area (Å²) in [6.45, 7) is 2.19. The second-order valence-electron chi connectivity index (χ2n) is 4.53. The molecule has 0 saturated heterocycles. The lowest BCUT2D eigenvalue weighted by atomic mass is 10.4. The highest BCUT2D eigenvalue weighted by Gasteiger charge is 2.29. The average molecular weight is 233 g/mol. The van der Waals surface area contributed by atoms with Gasteiger partial charge in [0.15, 0.2) is 5.82 Å². The van der Waals surface area contributed by atoms with Gasteiger partial charge in [-0.15, -0.1) is 10.2 Å². The number of hydrogen-bond donors (Lipinski definition) is 2. The summed E-state index contributed by atoms with van der Waals surface area (Å²) in [5.41, 5.74) is 0.732. The quantitative estimate of drug-likeness (QED) is 0.816. The maximum absolute atomic E-state index is 9.26. The predicted molar refractivity (Wildman–Crippen MR) is 62.9 cm³/mol. The number of hydrogen-bond acceptors (Lipinski definition) is 5. The second kappa shape index (κ2) is 3.96. The van der Waals surface area contributed by atoms with Gasteiger partial charge in [0.1, 0.15) is 5.82 Å². The Kier molecular flexibility index (Phi) is 2.44. The minimum absolute atomic E-state index is 0.414. The predicted octanol–water partition coefficient (Wildman–Crippen LogP) is 0.794. The van der Waals surface area contributed by atoms with Crippen molar-refractivity contribution in [2.45, 2.75) is 31.8 Å². The van der Waals surface area contributed by atoms with E-state index in [2.05, 4.69) is 20.5 Å². The molecular weight excluding hydrogens is 218 g/mol. The number of aliphatic hydroxyl groups excluding tert-OH is 1. The smallest absolute Gasteiger partial charge is 0.203 e. The van der Waals surface area contributed by atoms with E-state index in [1.54, 1.807) is 13.1 Å². The van der Waals surface area contributed by atoms with Gasteiger partial charge in [0, 0.05) is 24.9 Å². The molecule has 1 saturated carbocycles. The fourth-order valence-electron chi connectivity index (χ4n) is 1.83. The Hall–Kier alpha value is -1.69. The summed E-state index contributed by atoms with van der Waals surface area (Å²) in [7, 11) is 0. The van der Waals surface area contributed by atoms with Gasteiger partial charge in [-0.1, -0.05) is 0 Å². The van der Waals surface area contributed by atoms with Crippen molar-refractivity contribution in [1.82, 2.24) is 19.6 Å². The molecule has 2 aromatic heterocycles. The molecule has 17 heavy (non-hydrogen) atoms. The lowest BCUT2D eigenvalue weighted by molar-refractivity contribution is 0.208. The molecule has 2 N–H and O–H groups in total. The monoisotopic (exact) mass is 233 g/mol. The molecule has 1 atom stereocenters. The standard InChI is InChI=1S/C11H15N5O/c1-7(17)6-13-9-11-15-14-10(8-2-3-8)16(11)5-4-12-9/h4-5,7-8,17H,2-3,6H2,1H3,(H,12,13). The fourth-order valence-corrected chi connectivity index (χ4v) is 1.83. The first-order chi connectivity index (χ1) is 8.25. The topological polar surface area (TPSA) is 75.3 Å². The third-order valence-electron chi connectivity index (χ3n) is 2.86. The van der Waals surface area contributed by atoms with Crippen molar-refractivity contribution >= 4 is 11.5 Å². The SMILES string of the molecule is CC(O)CNc1nccn2c(C3CC3)nnc12. The van der Waals surface area contributed by atoms with Crippen molar-refractivity contribution in [2.75, 3.05) is 11.9 Å². The molecule has 3 rings (SSSR count). The number of rotatable bonds is 4. The van der Waals surface area contributed by atoms with Gasteiger partial charge in [0.25, 0.3) is 0 Å². The first-order valence-corrected chi connectivity index (χ1v) is 5.87. The van der Waals surface area contributed by atoms with Crippen LogP contribution in [0.3, 0.4) is 0 Å². The van der Waals surface area contributed by atoms with Crippen molar-refractivity contribution in [3.8, 4) is 0 Å². The zero-order valence-electron chi connectivity index (χ0n) is 9.67. The van der Waals surface area contributed by atoms with Crippen molar-refractivity contribution in [2.24, 2.45) is 0 Å². The van der Waals surface area contributed by atoms with Crippen molar-refractivity contribution in [3.05, 3.63) is 18.2 Å². The van der Waals surface area contributed by atoms with E-state index in [9.17, 15) is 5.11 Å². The molecule has 0 radical (unpaired) electrons. The molecule has 0 aliphatic heterocycles. The van der Waals surface area contributed by atoms with Crippen LogP contribution in [0.4, 0.5) is 5.82 Å². The summed E-state index contributed by atoms with van der Waals surface area (Å²) in [4.78, 5) is 4.23. The third-order valence-corrected chi connectivity index (χ3v) is 2.86. The summed E-state index contributed by atoms with van der Waals surface area (Å²) in [5.74, 6) is 2.24. The van der Waals surface area contributed by atoms with Crippen LogP contribution in [0.15, 0.2) is 12.4 Å². The molecule has 0 aromatic carbocycles. The van der Waals surface area contributed by atoms with Crippen LogP contribution in [0, 0.1) is 0 Å². The molecule has 2 aromatic rings. The van der Waals surface area contributed by atoms with Crippen LogP contribution in [0.2, 0.25) is 0 Å². The molecule has 0 amide bonds. The lowest BCUT2D eigenvalue weighted by Crippen LogP contribution is -2.16. The molecular formula is C11H15N5O. The maximum atomic E-state index is 9.26. The van der Waals surface area contributed by atoms with Gasteiger partial charge >= 0.3 is 0 Å². The molecule has 0 spiro atoms. The van der Waals surface area contributed by atoms with Gasteiger partial charge in [-0.25, -0.2) is 4.98 Å². The zero-order valence-corrected chi connectivity index (χ0v) is 9.67. The summed E-state index contributed by atoms with van der Waals surface area (Å²) >= 11 is 0. The number of anilines is 1. The van der Waals surface area contributed by atoms with Crippen LogP contribution < -0.4 is 5.32 Å². The summed E-state index contributed by atoms with van der Waals surface area (Å²) in [6, 6.07) is 0. The molecule has 6 nitrogen and oxygen atoms in total. The van der Waals surface area contributed by atoms with Crippen molar-refractivity contribution < 1.29 is 5.11 Å². The van der Waals surface area contributed by atoms with Gasteiger partial charge in [-0.3, -0.25) is 4.40 Å². The molecule has 6 heteroatoms. The number of aliphatic hydroxyl groups is 1. The fraction of sp³-hybridized carbons (Fsp3) is 0.545. The van der Waals surface area contributed by atoms with E-state index >= 15 is 0 Å². The maximum Gasteiger partial charge on any atom is 0.203 e. The molecule has 1 fully saturated rings. The van der Waals surface area contributed by atoms with E-state index in [0.29, 0.717) is 18.3 Å². The van der Waals surface area contributed by atoms with Gasteiger partial charge in [0.05, 0.1) is 6.10 Å². The Labute approximate surface area is 98.7 Å². The molecule has 1 aliphatic carbocycles. The molecule has 2 heterocycles. The minimum Gasteiger partial charge on any atom is -0.392 e. The highest BCUT2D eigenvalue weighted by Crippen LogP contribution is 2.39. The normalized spacial score (nSPS) is 17.3. The average Bonchev–Trinajstić information content (AvgIpc) is 3.06. The first kappa shape index (κ1) is 10.5. The summed E-state index contributed by atoms with van der Waals surface area (Å²) in [6.07, 6.45) is 5.59. The van der Waals surface area contributed by atoms with E-state index in [1.165, 1.54) is 12.8 Å². The first-order valence-electron chi connectivity index (χ1n) is 5.87. The van der Waals surface area contributed by atoms with Gasteiger partial charge in [-0.2, -0.15) is 0 Å². The Bertz CT molecular complexity index is 532. The van der Waals surface area contributed by atoms with Crippen molar-refractivity contribution in [3.63, 3.8) is 0 Å². The molecule has 1 aliphatic rings. The van der Waals surface area contributed by atoms with Gasteiger partial charge in [-0.05, 0) is 19.8 Å². The minimum atomic E-state index is -0.414. The lowest BCUT2D eigenvalue weighted by Gasteiger charge is -2.07. The van der Waals surface area contributed by atoms with E-state index < -0.39 is 6.10 Å². The van der Waals surface area contributed by atoms with E-state index in [4.69, 9.17) is 0 Å². The van der Waals surface area contributed by atoms with E-state index in [1.807, 2.05) is 10.6 Å². The molecule has 1 unspecified atom stereocenters. The zero-order chi connectivity index (χ0) is 11.8. The van der Waals surface area contributed by atoms with Crippen LogP contribution in [0.25, 0.3) is 5.65 Å². The third kappa shape index (κ3) is 1.95. The Balaban J connectivity index is 1.95. The van der Waals surface area contributed by atoms with Gasteiger partial charge < -0.3 is 10.4 Å².